The van der Waals surface area contributed by atoms with Gasteiger partial charge in [-0.3, -0.25) is 0 Å². The molecule has 0 spiro atoms. The topological polar surface area (TPSA) is 58.2 Å². The minimum Gasteiger partial charge on any atom is -0.366 e. The number of carbonyl (C=O) groups excluding carboxylic acids is 2. The summed E-state index contributed by atoms with van der Waals surface area (Å²) >= 11 is 0. The Labute approximate surface area is 155 Å². The van der Waals surface area contributed by atoms with E-state index >= 15 is 0 Å². The van der Waals surface area contributed by atoms with E-state index in [4.69, 9.17) is 4.84 Å². The van der Waals surface area contributed by atoms with E-state index in [2.05, 4.69) is 24.6 Å². The largest absolute Gasteiger partial charge is 0.478 e. The maximum atomic E-state index is 12.5. The van der Waals surface area contributed by atoms with Gasteiger partial charge in [-0.25, -0.2) is 4.79 Å². The molecular formula is C22H27NO3+. The van der Waals surface area contributed by atoms with Crippen molar-refractivity contribution in [2.45, 2.75) is 51.5 Å². The molecule has 26 heavy (non-hydrogen) atoms. The van der Waals surface area contributed by atoms with Gasteiger partial charge < -0.3 is 4.84 Å². The van der Waals surface area contributed by atoms with Crippen LogP contribution in [0.15, 0.2) is 36.4 Å². The zero-order valence-corrected chi connectivity index (χ0v) is 15.3. The van der Waals surface area contributed by atoms with Crippen molar-refractivity contribution in [2.24, 2.45) is 23.7 Å². The predicted molar refractivity (Wildman–Crippen MR) is 99.6 cm³/mol. The van der Waals surface area contributed by atoms with Crippen LogP contribution in [0.5, 0.6) is 0 Å². The number of rotatable bonds is 6. The van der Waals surface area contributed by atoms with E-state index in [-0.39, 0.29) is 17.7 Å². The third-order valence-corrected chi connectivity index (χ3v) is 6.40. The van der Waals surface area contributed by atoms with E-state index in [0.717, 1.165) is 6.42 Å². The molecule has 4 heteroatoms. The third-order valence-electron chi connectivity index (χ3n) is 6.40. The molecule has 3 aliphatic carbocycles. The second-order valence-electron chi connectivity index (χ2n) is 8.07. The third kappa shape index (κ3) is 3.48. The van der Waals surface area contributed by atoms with Crippen molar-refractivity contribution in [3.8, 4) is 0 Å². The van der Waals surface area contributed by atoms with Crippen molar-refractivity contribution in [1.82, 2.24) is 5.48 Å². The van der Waals surface area contributed by atoms with Crippen LogP contribution in [0, 0.1) is 23.7 Å². The molecule has 0 saturated heterocycles. The number of ketones is 1. The number of fused-ring (bicyclic) bond motifs is 1. The zero-order valence-electron chi connectivity index (χ0n) is 15.3. The van der Waals surface area contributed by atoms with Gasteiger partial charge in [-0.15, -0.1) is 5.48 Å². The number of carbonyl (C=O) groups is 2. The molecule has 4 nitrogen and oxygen atoms in total. The van der Waals surface area contributed by atoms with Crippen molar-refractivity contribution in [3.63, 3.8) is 0 Å². The maximum Gasteiger partial charge on any atom is 0.478 e. The molecule has 137 valence electrons. The monoisotopic (exact) mass is 353 g/mol. The van der Waals surface area contributed by atoms with Gasteiger partial charge in [0.1, 0.15) is 0 Å². The summed E-state index contributed by atoms with van der Waals surface area (Å²) in [6.07, 6.45) is 11.6. The highest BCUT2D eigenvalue weighted by Crippen LogP contribution is 2.54. The molecule has 2 fully saturated rings. The number of Topliss-reactive ketones (excluding diaryl/α,β-unsaturated/α-hetero) is 1. The minimum atomic E-state index is -0.391. The van der Waals surface area contributed by atoms with E-state index in [1.807, 2.05) is 0 Å². The van der Waals surface area contributed by atoms with Crippen LogP contribution < -0.4 is 5.48 Å². The van der Waals surface area contributed by atoms with Crippen LogP contribution in [0.1, 0.15) is 66.2 Å². The van der Waals surface area contributed by atoms with E-state index in [1.54, 1.807) is 24.3 Å². The lowest BCUT2D eigenvalue weighted by Crippen LogP contribution is -2.36. The molecule has 1 N–H and O–H groups in total. The van der Waals surface area contributed by atoms with Gasteiger partial charge in [0.05, 0.1) is 17.0 Å². The van der Waals surface area contributed by atoms with E-state index in [9.17, 15) is 9.59 Å². The predicted octanol–water partition coefficient (Wildman–Crippen LogP) is 4.32. The summed E-state index contributed by atoms with van der Waals surface area (Å²) < 4.78 is 0. The summed E-state index contributed by atoms with van der Waals surface area (Å²) in [5.41, 5.74) is 4.08. The summed E-state index contributed by atoms with van der Waals surface area (Å²) in [7, 11) is 0. The zero-order chi connectivity index (χ0) is 18.1. The Morgan fingerprint density at radius 2 is 1.85 bits per heavy atom. The summed E-state index contributed by atoms with van der Waals surface area (Å²) in [5, 5.41) is 0. The maximum absolute atomic E-state index is 12.5. The lowest BCUT2D eigenvalue weighted by atomic mass is 9.85. The van der Waals surface area contributed by atoms with Crippen LogP contribution in [0.25, 0.3) is 0 Å². The first-order valence-corrected chi connectivity index (χ1v) is 9.93. The number of nitrogens with one attached hydrogen (secondary N) is 1. The van der Waals surface area contributed by atoms with Gasteiger partial charge in [0.15, 0.2) is 0 Å². The van der Waals surface area contributed by atoms with Crippen LogP contribution in [0.4, 0.5) is 0 Å². The van der Waals surface area contributed by atoms with E-state index in [1.165, 1.54) is 32.1 Å². The fourth-order valence-corrected chi connectivity index (χ4v) is 4.63. The molecule has 2 saturated carbocycles. The number of benzene rings is 1. The van der Waals surface area contributed by atoms with Gasteiger partial charge in [0, 0.05) is 6.04 Å². The SMILES string of the molecule is C[C@@H](NOC(=O)c1ccc(C(=[O+])[C@@H]2[C@@H]3C=CC[C@@H]32)cc1)C1CCCCC1. The highest BCUT2D eigenvalue weighted by atomic mass is 16.7. The van der Waals surface area contributed by atoms with Crippen LogP contribution in [0.2, 0.25) is 0 Å². The quantitative estimate of drug-likeness (QED) is 0.358. The molecule has 1 aromatic carbocycles. The highest BCUT2D eigenvalue weighted by Gasteiger charge is 2.60. The minimum absolute atomic E-state index is 0.149. The van der Waals surface area contributed by atoms with Crippen molar-refractivity contribution in [1.29, 1.82) is 0 Å². The Balaban J connectivity index is 1.29. The summed E-state index contributed by atoms with van der Waals surface area (Å²) in [5.74, 6) is 1.49. The van der Waals surface area contributed by atoms with Crippen LogP contribution in [0.3, 0.4) is 0 Å². The average Bonchev–Trinajstić information content (AvgIpc) is 3.17. The smallest absolute Gasteiger partial charge is 0.366 e. The number of hydrogen-bond donors (Lipinski definition) is 1. The molecule has 3 aliphatic rings. The number of hydroxylamine groups is 1. The fourth-order valence-electron chi connectivity index (χ4n) is 4.63. The molecule has 4 rings (SSSR count). The van der Waals surface area contributed by atoms with Gasteiger partial charge in [0.2, 0.25) is 4.79 Å². The Morgan fingerprint density at radius 1 is 1.15 bits per heavy atom. The molecule has 0 unspecified atom stereocenters. The van der Waals surface area contributed by atoms with Gasteiger partial charge in [-0.1, -0.05) is 31.4 Å². The van der Waals surface area contributed by atoms with Crippen molar-refractivity contribution in [2.75, 3.05) is 0 Å². The number of allylic oxidation sites excluding steroid dienone is 2. The highest BCUT2D eigenvalue weighted by molar-refractivity contribution is 6.01. The molecule has 0 bridgehead atoms. The first kappa shape index (κ1) is 17.5. The standard InChI is InChI=1S/C22H27NO3/c1-14(15-6-3-2-4-7-15)23-26-22(25)17-12-10-16(11-13-17)21(24)20-18-8-5-9-19(18)20/h5,8,10-15,18-20,23H,2-4,6-7,9H2,1H3/q+1/t14-,18-,19+,20-/m1/s1. The Kier molecular flexibility index (Phi) is 4.94. The Morgan fingerprint density at radius 3 is 2.50 bits per heavy atom. The fraction of sp³-hybridized carbons (Fsp3) is 0.545. The van der Waals surface area contributed by atoms with Crippen LogP contribution in [-0.2, 0) is 4.84 Å². The Hall–Kier alpha value is -1.94. The lowest BCUT2D eigenvalue weighted by Gasteiger charge is -2.27. The summed E-state index contributed by atoms with van der Waals surface area (Å²) in [4.78, 5) is 30.1. The van der Waals surface area contributed by atoms with E-state index in [0.29, 0.717) is 28.9 Å². The molecule has 0 aromatic heterocycles. The first-order chi connectivity index (χ1) is 12.6. The molecule has 4 atom stereocenters. The Bertz CT molecular complexity index is 703. The van der Waals surface area contributed by atoms with Gasteiger partial charge in [-0.2, -0.15) is 0 Å². The number of hydrogen-bond acceptors (Lipinski definition) is 4. The second-order valence-corrected chi connectivity index (χ2v) is 8.07. The molecule has 0 heterocycles. The van der Waals surface area contributed by atoms with Crippen LogP contribution >= 0.6 is 0 Å². The van der Waals surface area contributed by atoms with Crippen LogP contribution in [-0.4, -0.2) is 17.8 Å². The van der Waals surface area contributed by atoms with Crippen molar-refractivity contribution >= 4 is 11.8 Å². The lowest BCUT2D eigenvalue weighted by molar-refractivity contribution is 0.00825. The molecule has 1 radical (unpaired) electrons. The molecule has 1 aromatic rings. The van der Waals surface area contributed by atoms with Gasteiger partial charge in [-0.05, 0) is 68.2 Å². The normalized spacial score (nSPS) is 28.4. The molecule has 0 aliphatic heterocycles. The first-order valence-electron chi connectivity index (χ1n) is 9.93. The van der Waals surface area contributed by atoms with Gasteiger partial charge in [0.25, 0.3) is 0 Å². The molecular weight excluding hydrogens is 326 g/mol. The summed E-state index contributed by atoms with van der Waals surface area (Å²) in [6.45, 7) is 2.08. The van der Waals surface area contributed by atoms with Gasteiger partial charge >= 0.3 is 11.8 Å². The van der Waals surface area contributed by atoms with E-state index < -0.39 is 5.97 Å². The summed E-state index contributed by atoms with van der Waals surface area (Å²) in [6, 6.07) is 7.05. The average molecular weight is 353 g/mol. The van der Waals surface area contributed by atoms with Crippen molar-refractivity contribution < 1.29 is 14.4 Å². The second kappa shape index (κ2) is 7.36. The molecule has 0 amide bonds. The van der Waals surface area contributed by atoms with Crippen molar-refractivity contribution in [3.05, 3.63) is 47.5 Å².